The van der Waals surface area contributed by atoms with Crippen molar-refractivity contribution in [2.45, 2.75) is 25.8 Å². The van der Waals surface area contributed by atoms with Crippen LogP contribution in [0.25, 0.3) is 5.76 Å². The molecule has 1 aliphatic heterocycles. The van der Waals surface area contributed by atoms with Crippen molar-refractivity contribution in [3.63, 3.8) is 0 Å². The van der Waals surface area contributed by atoms with Gasteiger partial charge >= 0.3 is 0 Å². The van der Waals surface area contributed by atoms with Crippen LogP contribution in [0, 0.1) is 0 Å². The van der Waals surface area contributed by atoms with Gasteiger partial charge in [0.1, 0.15) is 11.5 Å². The Morgan fingerprint density at radius 1 is 1.20 bits per heavy atom. The highest BCUT2D eigenvalue weighted by Crippen LogP contribution is 2.39. The quantitative estimate of drug-likeness (QED) is 0.295. The summed E-state index contributed by atoms with van der Waals surface area (Å²) in [7, 11) is 1.58. The summed E-state index contributed by atoms with van der Waals surface area (Å²) < 4.78 is 10.7. The van der Waals surface area contributed by atoms with E-state index in [4.69, 9.17) is 9.47 Å². The molecular formula is C23H26N2O5. The van der Waals surface area contributed by atoms with E-state index in [9.17, 15) is 14.7 Å². The summed E-state index contributed by atoms with van der Waals surface area (Å²) in [6, 6.07) is 9.71. The number of nitrogens with zero attached hydrogens (tertiary/aromatic N) is 2. The van der Waals surface area contributed by atoms with E-state index in [-0.39, 0.29) is 11.3 Å². The van der Waals surface area contributed by atoms with Crippen LogP contribution in [0.1, 0.15) is 36.9 Å². The van der Waals surface area contributed by atoms with Gasteiger partial charge in [-0.3, -0.25) is 14.6 Å². The van der Waals surface area contributed by atoms with Crippen LogP contribution < -0.4 is 4.74 Å². The molecule has 0 saturated carbocycles. The van der Waals surface area contributed by atoms with Crippen LogP contribution in [0.5, 0.6) is 5.75 Å². The van der Waals surface area contributed by atoms with Gasteiger partial charge in [-0.1, -0.05) is 25.1 Å². The summed E-state index contributed by atoms with van der Waals surface area (Å²) in [6.45, 7) is 3.33. The summed E-state index contributed by atoms with van der Waals surface area (Å²) in [5.74, 6) is -0.981. The van der Waals surface area contributed by atoms with Crippen molar-refractivity contribution in [2.75, 3.05) is 26.9 Å². The van der Waals surface area contributed by atoms with Gasteiger partial charge in [0.25, 0.3) is 11.7 Å². The standard InChI is InChI=1S/C23H26N2O5/c1-3-12-30-18-9-4-7-16(14-18)21(26)19-20(17-8-5-10-24-15-17)25(11-6-13-29-2)23(28)22(19)27/h4-5,7-10,14-15,20,26H,3,6,11-13H2,1-2H3. The van der Waals surface area contributed by atoms with E-state index < -0.39 is 17.7 Å². The van der Waals surface area contributed by atoms with Crippen molar-refractivity contribution in [1.29, 1.82) is 0 Å². The highest BCUT2D eigenvalue weighted by Gasteiger charge is 2.45. The van der Waals surface area contributed by atoms with Gasteiger partial charge < -0.3 is 19.5 Å². The van der Waals surface area contributed by atoms with Crippen LogP contribution in [0.15, 0.2) is 54.4 Å². The average Bonchev–Trinajstić information content (AvgIpc) is 3.03. The molecule has 0 spiro atoms. The van der Waals surface area contributed by atoms with Gasteiger partial charge in [-0.15, -0.1) is 0 Å². The number of Topliss-reactive ketones (excluding diaryl/α,β-unsaturated/α-hetero) is 1. The first-order valence-corrected chi connectivity index (χ1v) is 9.99. The van der Waals surface area contributed by atoms with Gasteiger partial charge in [-0.25, -0.2) is 0 Å². The van der Waals surface area contributed by atoms with Crippen molar-refractivity contribution in [1.82, 2.24) is 9.88 Å². The van der Waals surface area contributed by atoms with E-state index >= 15 is 0 Å². The van der Waals surface area contributed by atoms with E-state index in [1.54, 1.807) is 55.9 Å². The lowest BCUT2D eigenvalue weighted by Crippen LogP contribution is -2.31. The van der Waals surface area contributed by atoms with Crippen molar-refractivity contribution in [3.05, 3.63) is 65.5 Å². The highest BCUT2D eigenvalue weighted by molar-refractivity contribution is 6.46. The van der Waals surface area contributed by atoms with Crippen molar-refractivity contribution >= 4 is 17.4 Å². The summed E-state index contributed by atoms with van der Waals surface area (Å²) >= 11 is 0. The van der Waals surface area contributed by atoms with Crippen LogP contribution in [0.4, 0.5) is 0 Å². The van der Waals surface area contributed by atoms with Gasteiger partial charge in [0.05, 0.1) is 18.2 Å². The molecule has 158 valence electrons. The fraction of sp³-hybridized carbons (Fsp3) is 0.348. The zero-order valence-corrected chi connectivity index (χ0v) is 17.2. The number of aromatic nitrogens is 1. The molecule has 1 amide bonds. The SMILES string of the molecule is CCCOc1cccc(C(O)=C2C(=O)C(=O)N(CCCOC)C2c2cccnc2)c1. The van der Waals surface area contributed by atoms with Crippen LogP contribution in [-0.2, 0) is 14.3 Å². The second-order valence-corrected chi connectivity index (χ2v) is 7.00. The molecule has 30 heavy (non-hydrogen) atoms. The fourth-order valence-corrected chi connectivity index (χ4v) is 3.48. The average molecular weight is 410 g/mol. The number of benzene rings is 1. The van der Waals surface area contributed by atoms with E-state index in [1.165, 1.54) is 4.90 Å². The first-order valence-electron chi connectivity index (χ1n) is 9.99. The van der Waals surface area contributed by atoms with E-state index in [1.807, 2.05) is 6.92 Å². The first-order chi connectivity index (χ1) is 14.6. The number of aliphatic hydroxyl groups excluding tert-OH is 1. The maximum Gasteiger partial charge on any atom is 0.295 e. The number of amides is 1. The van der Waals surface area contributed by atoms with Crippen LogP contribution >= 0.6 is 0 Å². The summed E-state index contributed by atoms with van der Waals surface area (Å²) in [5.41, 5.74) is 1.14. The molecule has 0 aliphatic carbocycles. The van der Waals surface area contributed by atoms with E-state index in [2.05, 4.69) is 4.98 Å². The van der Waals surface area contributed by atoms with E-state index in [0.717, 1.165) is 6.42 Å². The molecule has 1 aromatic heterocycles. The molecule has 0 radical (unpaired) electrons. The molecule has 1 aromatic carbocycles. The third-order valence-electron chi connectivity index (χ3n) is 4.87. The fourth-order valence-electron chi connectivity index (χ4n) is 3.48. The topological polar surface area (TPSA) is 89.0 Å². The molecule has 2 heterocycles. The molecule has 0 bridgehead atoms. The number of hydrogen-bond acceptors (Lipinski definition) is 6. The third kappa shape index (κ3) is 4.52. The van der Waals surface area contributed by atoms with Gasteiger partial charge in [-0.2, -0.15) is 0 Å². The second kappa shape index (κ2) is 10.0. The maximum absolute atomic E-state index is 12.9. The molecule has 7 nitrogen and oxygen atoms in total. The monoisotopic (exact) mass is 410 g/mol. The Bertz CT molecular complexity index is 926. The van der Waals surface area contributed by atoms with Crippen molar-refractivity contribution in [3.8, 4) is 5.75 Å². The van der Waals surface area contributed by atoms with Crippen LogP contribution in [-0.4, -0.2) is 53.5 Å². The largest absolute Gasteiger partial charge is 0.507 e. The zero-order valence-electron chi connectivity index (χ0n) is 17.2. The second-order valence-electron chi connectivity index (χ2n) is 7.00. The van der Waals surface area contributed by atoms with Crippen LogP contribution in [0.2, 0.25) is 0 Å². The number of methoxy groups -OCH3 is 1. The molecule has 1 saturated heterocycles. The Hall–Kier alpha value is -3.19. The number of likely N-dealkylation sites (tertiary alicyclic amines) is 1. The van der Waals surface area contributed by atoms with Gasteiger partial charge in [0.15, 0.2) is 0 Å². The summed E-state index contributed by atoms with van der Waals surface area (Å²) in [5, 5.41) is 11.1. The molecular weight excluding hydrogens is 384 g/mol. The van der Waals surface area contributed by atoms with Gasteiger partial charge in [0, 0.05) is 38.2 Å². The van der Waals surface area contributed by atoms with Gasteiger partial charge in [0.2, 0.25) is 0 Å². The molecule has 7 heteroatoms. The third-order valence-corrected chi connectivity index (χ3v) is 4.87. The Labute approximate surface area is 175 Å². The number of carbonyl (C=O) groups is 2. The molecule has 1 N–H and O–H groups in total. The van der Waals surface area contributed by atoms with Gasteiger partial charge in [-0.05, 0) is 36.6 Å². The summed E-state index contributed by atoms with van der Waals surface area (Å²) in [6.07, 6.45) is 4.65. The first kappa shape index (κ1) is 21.5. The number of carbonyl (C=O) groups excluding carboxylic acids is 2. The number of aliphatic hydroxyl groups is 1. The predicted molar refractivity (Wildman–Crippen MR) is 112 cm³/mol. The number of hydrogen-bond donors (Lipinski definition) is 1. The minimum atomic E-state index is -0.712. The number of pyridine rings is 1. The van der Waals surface area contributed by atoms with Crippen molar-refractivity contribution in [2.24, 2.45) is 0 Å². The Balaban J connectivity index is 2.05. The molecule has 1 fully saturated rings. The lowest BCUT2D eigenvalue weighted by atomic mass is 9.96. The van der Waals surface area contributed by atoms with Crippen molar-refractivity contribution < 1.29 is 24.2 Å². The molecule has 1 atom stereocenters. The minimum Gasteiger partial charge on any atom is -0.507 e. The normalized spacial score (nSPS) is 18.1. The number of ketones is 1. The minimum absolute atomic E-state index is 0.0538. The molecule has 1 unspecified atom stereocenters. The highest BCUT2D eigenvalue weighted by atomic mass is 16.5. The lowest BCUT2D eigenvalue weighted by Gasteiger charge is -2.25. The van der Waals surface area contributed by atoms with Crippen LogP contribution in [0.3, 0.4) is 0 Å². The Morgan fingerprint density at radius 2 is 2.03 bits per heavy atom. The summed E-state index contributed by atoms with van der Waals surface area (Å²) in [4.78, 5) is 31.3. The zero-order chi connectivity index (χ0) is 21.5. The molecule has 1 aliphatic rings. The molecule has 2 aromatic rings. The Morgan fingerprint density at radius 3 is 2.73 bits per heavy atom. The Kier molecular flexibility index (Phi) is 7.19. The number of rotatable bonds is 9. The van der Waals surface area contributed by atoms with E-state index in [0.29, 0.717) is 43.1 Å². The lowest BCUT2D eigenvalue weighted by molar-refractivity contribution is -0.140. The maximum atomic E-state index is 12.9. The smallest absolute Gasteiger partial charge is 0.295 e. The number of ether oxygens (including phenoxy) is 2. The molecule has 3 rings (SSSR count). The predicted octanol–water partition coefficient (Wildman–Crippen LogP) is 3.33.